The number of carbonyl (C=O) groups is 1. The molecule has 0 N–H and O–H groups in total. The number of rotatable bonds is 5. The van der Waals surface area contributed by atoms with E-state index in [0.29, 0.717) is 0 Å². The predicted octanol–water partition coefficient (Wildman–Crippen LogP) is 3.56. The topological polar surface area (TPSA) is 20.3 Å². The highest BCUT2D eigenvalue weighted by atomic mass is 79.9. The summed E-state index contributed by atoms with van der Waals surface area (Å²) >= 11 is 5.15. The fourth-order valence-electron chi connectivity index (χ4n) is 1.58. The first-order chi connectivity index (χ1) is 7.31. The molecule has 0 aromatic carbocycles. The van der Waals surface area contributed by atoms with E-state index in [-0.39, 0.29) is 11.2 Å². The van der Waals surface area contributed by atoms with Crippen LogP contribution in [0.1, 0.15) is 26.3 Å². The van der Waals surface area contributed by atoms with Crippen LogP contribution in [-0.2, 0) is 11.3 Å². The lowest BCUT2D eigenvalue weighted by Crippen LogP contribution is -2.35. The summed E-state index contributed by atoms with van der Waals surface area (Å²) in [5.41, 5.74) is 1.03. The highest BCUT2D eigenvalue weighted by molar-refractivity contribution is 9.11. The number of thiophene rings is 1. The van der Waals surface area contributed by atoms with Gasteiger partial charge in [-0.3, -0.25) is 4.79 Å². The van der Waals surface area contributed by atoms with E-state index in [9.17, 15) is 4.79 Å². The van der Waals surface area contributed by atoms with E-state index in [4.69, 9.17) is 0 Å². The number of hydrogen-bond donors (Lipinski definition) is 0. The van der Waals surface area contributed by atoms with Crippen LogP contribution >= 0.6 is 27.3 Å². The Kier molecular flexibility index (Phi) is 4.71. The lowest BCUT2D eigenvalue weighted by Gasteiger charge is -2.27. The summed E-state index contributed by atoms with van der Waals surface area (Å²) in [5.74, 6) is 0.242. The number of ketones is 1. The number of carbonyl (C=O) groups excluding carboxylic acids is 1. The Bertz CT molecular complexity index is 373. The van der Waals surface area contributed by atoms with E-state index in [1.165, 1.54) is 5.56 Å². The predicted molar refractivity (Wildman–Crippen MR) is 72.8 cm³/mol. The van der Waals surface area contributed by atoms with Crippen molar-refractivity contribution in [2.45, 2.75) is 27.3 Å². The van der Waals surface area contributed by atoms with Crippen LogP contribution in [0, 0.1) is 5.41 Å². The average Bonchev–Trinajstić information content (AvgIpc) is 2.49. The molecule has 1 rings (SSSR count). The third-order valence-electron chi connectivity index (χ3n) is 2.69. The maximum absolute atomic E-state index is 11.4. The summed E-state index contributed by atoms with van der Waals surface area (Å²) in [6.07, 6.45) is 0. The Morgan fingerprint density at radius 1 is 1.56 bits per heavy atom. The molecule has 0 saturated carbocycles. The minimum absolute atomic E-state index is 0.242. The zero-order valence-corrected chi connectivity index (χ0v) is 12.6. The first-order valence-electron chi connectivity index (χ1n) is 5.24. The second kappa shape index (κ2) is 5.43. The van der Waals surface area contributed by atoms with Gasteiger partial charge in [0.05, 0.1) is 3.79 Å². The molecule has 4 heteroatoms. The number of hydrogen-bond acceptors (Lipinski definition) is 3. The number of halogens is 1. The Hall–Kier alpha value is -0.190. The normalized spacial score (nSPS) is 12.1. The molecule has 0 fully saturated rings. The van der Waals surface area contributed by atoms with Crippen LogP contribution in [0.3, 0.4) is 0 Å². The summed E-state index contributed by atoms with van der Waals surface area (Å²) in [6.45, 7) is 7.33. The minimum Gasteiger partial charge on any atom is -0.301 e. The molecule has 0 radical (unpaired) electrons. The van der Waals surface area contributed by atoms with Crippen molar-refractivity contribution in [3.8, 4) is 0 Å². The summed E-state index contributed by atoms with van der Waals surface area (Å²) < 4.78 is 1.15. The molecule has 1 aromatic rings. The summed E-state index contributed by atoms with van der Waals surface area (Å²) in [6, 6.07) is 2.13. The van der Waals surface area contributed by atoms with Gasteiger partial charge in [0.25, 0.3) is 0 Å². The molecule has 1 aromatic heterocycles. The first-order valence-corrected chi connectivity index (χ1v) is 6.91. The van der Waals surface area contributed by atoms with Crippen molar-refractivity contribution in [3.05, 3.63) is 20.8 Å². The van der Waals surface area contributed by atoms with Gasteiger partial charge in [0.1, 0.15) is 5.78 Å². The van der Waals surface area contributed by atoms with E-state index in [2.05, 4.69) is 39.3 Å². The Balaban J connectivity index is 2.54. The Labute approximate surface area is 110 Å². The third kappa shape index (κ3) is 4.00. The standard InChI is InChI=1S/C12H18BrNOS/c1-9(15)12(2,3)8-14(4)6-10-5-11(13)16-7-10/h5,7H,6,8H2,1-4H3. The van der Waals surface area contributed by atoms with Gasteiger partial charge in [-0.1, -0.05) is 13.8 Å². The van der Waals surface area contributed by atoms with Crippen molar-refractivity contribution in [2.75, 3.05) is 13.6 Å². The molecule has 0 bridgehead atoms. The molecule has 0 saturated heterocycles. The van der Waals surface area contributed by atoms with Crippen molar-refractivity contribution in [2.24, 2.45) is 5.41 Å². The maximum atomic E-state index is 11.4. The van der Waals surface area contributed by atoms with Crippen LogP contribution in [0.5, 0.6) is 0 Å². The van der Waals surface area contributed by atoms with Crippen molar-refractivity contribution >= 4 is 33.0 Å². The van der Waals surface area contributed by atoms with E-state index in [0.717, 1.165) is 16.9 Å². The summed E-state index contributed by atoms with van der Waals surface area (Å²) in [4.78, 5) is 13.6. The van der Waals surface area contributed by atoms with Crippen LogP contribution in [0.15, 0.2) is 15.2 Å². The maximum Gasteiger partial charge on any atom is 0.136 e. The zero-order valence-electron chi connectivity index (χ0n) is 10.2. The minimum atomic E-state index is -0.262. The SMILES string of the molecule is CC(=O)C(C)(C)CN(C)Cc1csc(Br)c1. The van der Waals surface area contributed by atoms with E-state index < -0.39 is 0 Å². The number of nitrogens with zero attached hydrogens (tertiary/aromatic N) is 1. The highest BCUT2D eigenvalue weighted by Crippen LogP contribution is 2.23. The van der Waals surface area contributed by atoms with Gasteiger partial charge in [-0.25, -0.2) is 0 Å². The molecule has 0 aliphatic carbocycles. The Morgan fingerprint density at radius 3 is 2.62 bits per heavy atom. The highest BCUT2D eigenvalue weighted by Gasteiger charge is 2.25. The van der Waals surface area contributed by atoms with Gasteiger partial charge >= 0.3 is 0 Å². The molecular formula is C12H18BrNOS. The smallest absolute Gasteiger partial charge is 0.136 e. The second-order valence-corrected chi connectivity index (χ2v) is 7.16. The van der Waals surface area contributed by atoms with Crippen LogP contribution in [-0.4, -0.2) is 24.3 Å². The van der Waals surface area contributed by atoms with Crippen molar-refractivity contribution in [3.63, 3.8) is 0 Å². The monoisotopic (exact) mass is 303 g/mol. The van der Waals surface area contributed by atoms with Gasteiger partial charge in [-0.15, -0.1) is 11.3 Å². The molecule has 2 nitrogen and oxygen atoms in total. The molecule has 0 unspecified atom stereocenters. The van der Waals surface area contributed by atoms with Crippen LogP contribution in [0.25, 0.3) is 0 Å². The van der Waals surface area contributed by atoms with Crippen LogP contribution < -0.4 is 0 Å². The molecule has 0 amide bonds. The van der Waals surface area contributed by atoms with E-state index in [1.54, 1.807) is 18.3 Å². The van der Waals surface area contributed by atoms with Crippen molar-refractivity contribution in [1.29, 1.82) is 0 Å². The van der Waals surface area contributed by atoms with Gasteiger partial charge in [-0.2, -0.15) is 0 Å². The molecule has 0 atom stereocenters. The van der Waals surface area contributed by atoms with Gasteiger partial charge < -0.3 is 4.90 Å². The molecule has 0 aliphatic heterocycles. The Morgan fingerprint density at radius 2 is 2.19 bits per heavy atom. The van der Waals surface area contributed by atoms with Crippen molar-refractivity contribution in [1.82, 2.24) is 4.90 Å². The zero-order chi connectivity index (χ0) is 12.3. The molecule has 0 spiro atoms. The third-order valence-corrected chi connectivity index (χ3v) is 4.25. The molecule has 0 aliphatic rings. The quantitative estimate of drug-likeness (QED) is 0.829. The lowest BCUT2D eigenvalue weighted by atomic mass is 9.88. The molecule has 90 valence electrons. The average molecular weight is 304 g/mol. The summed E-state index contributed by atoms with van der Waals surface area (Å²) in [7, 11) is 2.05. The van der Waals surface area contributed by atoms with Gasteiger partial charge in [0.15, 0.2) is 0 Å². The first kappa shape index (κ1) is 13.9. The largest absolute Gasteiger partial charge is 0.301 e. The van der Waals surface area contributed by atoms with Crippen molar-refractivity contribution < 1.29 is 4.79 Å². The summed E-state index contributed by atoms with van der Waals surface area (Å²) in [5, 5.41) is 2.14. The van der Waals surface area contributed by atoms with E-state index in [1.807, 2.05) is 13.8 Å². The number of Topliss-reactive ketones (excluding diaryl/α,β-unsaturated/α-hetero) is 1. The molecule has 16 heavy (non-hydrogen) atoms. The fraction of sp³-hybridized carbons (Fsp3) is 0.583. The lowest BCUT2D eigenvalue weighted by molar-refractivity contribution is -0.125. The van der Waals surface area contributed by atoms with Crippen LogP contribution in [0.2, 0.25) is 0 Å². The van der Waals surface area contributed by atoms with Gasteiger partial charge in [-0.05, 0) is 46.9 Å². The second-order valence-electron chi connectivity index (χ2n) is 4.87. The molecular weight excluding hydrogens is 286 g/mol. The van der Waals surface area contributed by atoms with E-state index >= 15 is 0 Å². The van der Waals surface area contributed by atoms with Crippen LogP contribution in [0.4, 0.5) is 0 Å². The fourth-order valence-corrected chi connectivity index (χ4v) is 2.78. The van der Waals surface area contributed by atoms with Gasteiger partial charge in [0, 0.05) is 18.5 Å². The molecule has 1 heterocycles. The van der Waals surface area contributed by atoms with Gasteiger partial charge in [0.2, 0.25) is 0 Å².